The van der Waals surface area contributed by atoms with Crippen molar-refractivity contribution in [2.24, 2.45) is 0 Å². The Hall–Kier alpha value is -2.82. The molecule has 0 spiro atoms. The van der Waals surface area contributed by atoms with E-state index in [-0.39, 0.29) is 14.9 Å². The number of carbonyl (C=O) groups excluding carboxylic acids is 1. The highest BCUT2D eigenvalue weighted by Gasteiger charge is 2.24. The molecular weight excluding hydrogens is 479 g/mol. The number of amides is 1. The second-order valence-electron chi connectivity index (χ2n) is 6.26. The summed E-state index contributed by atoms with van der Waals surface area (Å²) in [4.78, 5) is 11.7. The van der Waals surface area contributed by atoms with Gasteiger partial charge in [-0.2, -0.15) is 5.26 Å². The number of hydrogen-bond acceptors (Lipinski definition) is 4. The van der Waals surface area contributed by atoms with E-state index in [1.807, 2.05) is 0 Å². The zero-order chi connectivity index (χ0) is 22.6. The third-order valence-electron chi connectivity index (χ3n) is 4.14. The van der Waals surface area contributed by atoms with Crippen LogP contribution in [0.4, 0.5) is 5.69 Å². The summed E-state index contributed by atoms with van der Waals surface area (Å²) in [6.45, 7) is 0. The average Bonchev–Trinajstić information content (AvgIpc) is 2.74. The van der Waals surface area contributed by atoms with E-state index < -0.39 is 20.6 Å². The summed E-state index contributed by atoms with van der Waals surface area (Å²) in [7, 11) is -4.21. The van der Waals surface area contributed by atoms with E-state index in [0.29, 0.717) is 21.8 Å². The van der Waals surface area contributed by atoms with Gasteiger partial charge in [0.15, 0.2) is 0 Å². The molecule has 5 nitrogen and oxygen atoms in total. The lowest BCUT2D eigenvalue weighted by atomic mass is 10.1. The van der Waals surface area contributed by atoms with E-state index in [1.54, 1.807) is 48.5 Å². The summed E-state index contributed by atoms with van der Waals surface area (Å²) in [6, 6.07) is 18.6. The van der Waals surface area contributed by atoms with Crippen molar-refractivity contribution in [1.29, 1.82) is 5.26 Å². The predicted octanol–water partition coefficient (Wildman–Crippen LogP) is 6.24. The van der Waals surface area contributed by atoms with Gasteiger partial charge in [-0.05, 0) is 54.1 Å². The monoisotopic (exact) mass is 490 g/mol. The molecular formula is C22H13Cl3N2O3S. The Kier molecular flexibility index (Phi) is 7.04. The number of allylic oxidation sites excluding steroid dienone is 1. The molecule has 0 heterocycles. The molecule has 3 aromatic carbocycles. The van der Waals surface area contributed by atoms with E-state index in [2.05, 4.69) is 5.32 Å². The number of nitrogens with zero attached hydrogens (tertiary/aromatic N) is 1. The first-order valence-electron chi connectivity index (χ1n) is 8.70. The van der Waals surface area contributed by atoms with E-state index in [1.165, 1.54) is 30.3 Å². The third-order valence-corrected chi connectivity index (χ3v) is 6.85. The fourth-order valence-corrected chi connectivity index (χ4v) is 4.81. The maximum atomic E-state index is 12.9. The first kappa shape index (κ1) is 22.9. The summed E-state index contributed by atoms with van der Waals surface area (Å²) in [5.74, 6) is -0.425. The van der Waals surface area contributed by atoms with Crippen molar-refractivity contribution in [3.05, 3.63) is 97.8 Å². The molecule has 0 unspecified atom stereocenters. The molecule has 0 aliphatic heterocycles. The maximum Gasteiger partial charge on any atom is 0.257 e. The first-order valence-corrected chi connectivity index (χ1v) is 11.3. The van der Waals surface area contributed by atoms with Gasteiger partial charge in [-0.25, -0.2) is 8.42 Å². The number of rotatable bonds is 5. The van der Waals surface area contributed by atoms with Gasteiger partial charge in [-0.15, -0.1) is 0 Å². The summed E-state index contributed by atoms with van der Waals surface area (Å²) in [5, 5.41) is 12.6. The molecule has 0 aliphatic carbocycles. The van der Waals surface area contributed by atoms with Gasteiger partial charge in [-0.3, -0.25) is 4.79 Å². The van der Waals surface area contributed by atoms with Gasteiger partial charge >= 0.3 is 0 Å². The van der Waals surface area contributed by atoms with E-state index in [9.17, 15) is 18.5 Å². The van der Waals surface area contributed by atoms with Gasteiger partial charge < -0.3 is 5.32 Å². The molecule has 31 heavy (non-hydrogen) atoms. The zero-order valence-corrected chi connectivity index (χ0v) is 18.7. The highest BCUT2D eigenvalue weighted by molar-refractivity contribution is 7.95. The lowest BCUT2D eigenvalue weighted by molar-refractivity contribution is 0.102. The van der Waals surface area contributed by atoms with Crippen LogP contribution in [0.5, 0.6) is 0 Å². The van der Waals surface area contributed by atoms with E-state index >= 15 is 0 Å². The minimum Gasteiger partial charge on any atom is -0.322 e. The van der Waals surface area contributed by atoms with Crippen LogP contribution in [-0.4, -0.2) is 14.3 Å². The van der Waals surface area contributed by atoms with Crippen molar-refractivity contribution in [2.45, 2.75) is 4.90 Å². The maximum absolute atomic E-state index is 12.9. The number of hydrogen-bond donors (Lipinski definition) is 1. The summed E-state index contributed by atoms with van der Waals surface area (Å²) in [6.07, 6.45) is 1.19. The first-order chi connectivity index (χ1) is 14.7. The molecule has 1 N–H and O–H groups in total. The fraction of sp³-hybridized carbons (Fsp3) is 0. The molecule has 0 bridgehead atoms. The number of halogens is 3. The molecule has 0 aromatic heterocycles. The second kappa shape index (κ2) is 9.54. The Morgan fingerprint density at radius 3 is 2.39 bits per heavy atom. The highest BCUT2D eigenvalue weighted by atomic mass is 35.5. The number of nitriles is 1. The Bertz CT molecular complexity index is 1350. The second-order valence-corrected chi connectivity index (χ2v) is 9.40. The molecule has 1 amide bonds. The van der Waals surface area contributed by atoms with Crippen LogP contribution in [0.25, 0.3) is 6.08 Å². The Morgan fingerprint density at radius 1 is 0.935 bits per heavy atom. The molecule has 0 aliphatic rings. The number of carbonyl (C=O) groups is 1. The normalized spacial score (nSPS) is 11.6. The van der Waals surface area contributed by atoms with Crippen molar-refractivity contribution < 1.29 is 13.2 Å². The van der Waals surface area contributed by atoms with Gasteiger partial charge in [-0.1, -0.05) is 59.1 Å². The van der Waals surface area contributed by atoms with Gasteiger partial charge in [0.25, 0.3) is 5.91 Å². The Morgan fingerprint density at radius 2 is 1.68 bits per heavy atom. The minimum atomic E-state index is -4.21. The summed E-state index contributed by atoms with van der Waals surface area (Å²) >= 11 is 17.9. The summed E-state index contributed by atoms with van der Waals surface area (Å²) in [5.41, 5.74) is 1.07. The van der Waals surface area contributed by atoms with Crippen molar-refractivity contribution in [1.82, 2.24) is 0 Å². The topological polar surface area (TPSA) is 87.0 Å². The van der Waals surface area contributed by atoms with Crippen LogP contribution in [0.15, 0.2) is 76.5 Å². The molecule has 0 saturated heterocycles. The number of sulfone groups is 1. The van der Waals surface area contributed by atoms with Crippen LogP contribution >= 0.6 is 34.8 Å². The van der Waals surface area contributed by atoms with Crippen molar-refractivity contribution in [3.63, 3.8) is 0 Å². The Labute approximate surface area is 194 Å². The van der Waals surface area contributed by atoms with E-state index in [0.717, 1.165) is 0 Å². The quantitative estimate of drug-likeness (QED) is 0.428. The van der Waals surface area contributed by atoms with Crippen LogP contribution < -0.4 is 5.32 Å². The van der Waals surface area contributed by atoms with Gasteiger partial charge in [0.2, 0.25) is 9.84 Å². The molecule has 3 rings (SSSR count). The van der Waals surface area contributed by atoms with Gasteiger partial charge in [0, 0.05) is 10.7 Å². The minimum absolute atomic E-state index is 0.0497. The number of nitrogens with one attached hydrogen (secondary N) is 1. The fourth-order valence-electron chi connectivity index (χ4n) is 2.67. The SMILES string of the molecule is N#C/C(=C\c1cccc(NC(=O)c2ccccc2Cl)c1)S(=O)(=O)c1cc(Cl)ccc1Cl. The smallest absolute Gasteiger partial charge is 0.257 e. The molecule has 9 heteroatoms. The molecule has 156 valence electrons. The molecule has 3 aromatic rings. The van der Waals surface area contributed by atoms with Crippen molar-refractivity contribution >= 4 is 62.3 Å². The molecule has 0 atom stereocenters. The largest absolute Gasteiger partial charge is 0.322 e. The van der Waals surface area contributed by atoms with Crippen LogP contribution in [0, 0.1) is 11.3 Å². The van der Waals surface area contributed by atoms with Crippen LogP contribution in [0.2, 0.25) is 15.1 Å². The molecule has 0 saturated carbocycles. The van der Waals surface area contributed by atoms with Crippen LogP contribution in [0.1, 0.15) is 15.9 Å². The highest BCUT2D eigenvalue weighted by Crippen LogP contribution is 2.30. The van der Waals surface area contributed by atoms with Gasteiger partial charge in [0.1, 0.15) is 11.0 Å². The Balaban J connectivity index is 1.94. The molecule has 0 fully saturated rings. The lowest BCUT2D eigenvalue weighted by Crippen LogP contribution is -2.12. The van der Waals surface area contributed by atoms with Crippen LogP contribution in [0.3, 0.4) is 0 Å². The molecule has 0 radical (unpaired) electrons. The van der Waals surface area contributed by atoms with Crippen molar-refractivity contribution in [3.8, 4) is 6.07 Å². The number of anilines is 1. The third kappa shape index (κ3) is 5.27. The van der Waals surface area contributed by atoms with Crippen molar-refractivity contribution in [2.75, 3.05) is 5.32 Å². The summed E-state index contributed by atoms with van der Waals surface area (Å²) < 4.78 is 25.8. The predicted molar refractivity (Wildman–Crippen MR) is 123 cm³/mol. The number of benzene rings is 3. The van der Waals surface area contributed by atoms with E-state index in [4.69, 9.17) is 34.8 Å². The zero-order valence-electron chi connectivity index (χ0n) is 15.6. The standard InChI is InChI=1S/C22H13Cl3N2O3S/c23-15-8-9-20(25)21(12-15)31(29,30)17(13-26)11-14-4-3-5-16(10-14)27-22(28)18-6-1-2-7-19(18)24/h1-12H,(H,27,28)/b17-11+. The van der Waals surface area contributed by atoms with Crippen LogP contribution in [-0.2, 0) is 9.84 Å². The van der Waals surface area contributed by atoms with Gasteiger partial charge in [0.05, 0.1) is 20.5 Å². The average molecular weight is 492 g/mol. The lowest BCUT2D eigenvalue weighted by Gasteiger charge is -2.08.